The predicted octanol–water partition coefficient (Wildman–Crippen LogP) is 2.71. The minimum absolute atomic E-state index is 0. The molecule has 0 aliphatic carbocycles. The van der Waals surface area contributed by atoms with E-state index in [1.54, 1.807) is 5.92 Å². The molecule has 0 heterocycles. The van der Waals surface area contributed by atoms with Crippen molar-refractivity contribution in [3.05, 3.63) is 5.92 Å². The van der Waals surface area contributed by atoms with Crippen LogP contribution >= 0.6 is 0 Å². The average molecular weight is 369 g/mol. The monoisotopic (exact) mass is 368 g/mol. The van der Waals surface area contributed by atoms with E-state index in [9.17, 15) is 9.59 Å². The zero-order chi connectivity index (χ0) is 18.1. The summed E-state index contributed by atoms with van der Waals surface area (Å²) in [5.74, 6) is 0.0582. The Bertz CT molecular complexity index is 283. The first-order valence-electron chi connectivity index (χ1n) is 9.14. The second kappa shape index (κ2) is 21.6. The number of rotatable bonds is 13. The maximum absolute atomic E-state index is 9.43. The van der Waals surface area contributed by atoms with Crippen LogP contribution in [0.5, 0.6) is 0 Å². The first-order valence-corrected chi connectivity index (χ1v) is 9.14. The van der Waals surface area contributed by atoms with Crippen LogP contribution in [-0.2, 0) is 9.59 Å². The van der Waals surface area contributed by atoms with Crippen LogP contribution in [0, 0.1) is 11.8 Å². The molecule has 0 amide bonds. The summed E-state index contributed by atoms with van der Waals surface area (Å²) < 4.78 is 0. The summed E-state index contributed by atoms with van der Waals surface area (Å²) in [5.41, 5.74) is 0. The molecule has 138 valence electrons. The quantitative estimate of drug-likeness (QED) is 0.227. The Morgan fingerprint density at radius 1 is 0.875 bits per heavy atom. The summed E-state index contributed by atoms with van der Waals surface area (Å²) in [6.07, 6.45) is 13.2. The van der Waals surface area contributed by atoms with Crippen molar-refractivity contribution >= 4 is 11.9 Å². The third-order valence-corrected chi connectivity index (χ3v) is 4.07. The zero-order valence-electron chi connectivity index (χ0n) is 16.6. The topological polar surface area (TPSA) is 74.6 Å². The molecule has 5 heteroatoms. The molecule has 0 saturated heterocycles. The Labute approximate surface area is 191 Å². The van der Waals surface area contributed by atoms with Gasteiger partial charge in [-0.25, -0.2) is 0 Å². The van der Waals surface area contributed by atoms with Crippen molar-refractivity contribution in [3.8, 4) is 0 Å². The molecule has 0 spiro atoms. The number of carbonyl (C=O) groups is 2. The fourth-order valence-corrected chi connectivity index (χ4v) is 2.60. The number of unbranched alkanes of at least 4 members (excludes halogenated alkanes) is 5. The summed E-state index contributed by atoms with van der Waals surface area (Å²) in [7, 11) is 0. The van der Waals surface area contributed by atoms with Gasteiger partial charge < -0.3 is 16.1 Å². The maximum Gasteiger partial charge on any atom is 1.00 e. The minimum Gasteiger partial charge on any atom is -0.481 e. The summed E-state index contributed by atoms with van der Waals surface area (Å²) in [5, 5.41) is 15.4. The van der Waals surface area contributed by atoms with Gasteiger partial charge in [0.15, 0.2) is 0 Å². The molecule has 0 saturated carbocycles. The van der Waals surface area contributed by atoms with Gasteiger partial charge in [0, 0.05) is 0 Å². The molecule has 0 rings (SSSR count). The van der Waals surface area contributed by atoms with Crippen LogP contribution in [0.1, 0.15) is 98.3 Å². The Kier molecular flexibility index (Phi) is 26.4. The molecule has 0 aromatic rings. The molecular weight excluding hydrogens is 331 g/mol. The van der Waals surface area contributed by atoms with Crippen LogP contribution in [0.25, 0.3) is 0 Å². The maximum atomic E-state index is 9.43. The van der Waals surface area contributed by atoms with Crippen molar-refractivity contribution in [2.45, 2.75) is 98.3 Å². The van der Waals surface area contributed by atoms with Gasteiger partial charge in [-0.05, 0) is 0 Å². The van der Waals surface area contributed by atoms with Crippen LogP contribution in [-0.4, -0.2) is 22.2 Å². The molecule has 0 fully saturated rings. The van der Waals surface area contributed by atoms with Crippen LogP contribution in [0.15, 0.2) is 0 Å². The van der Waals surface area contributed by atoms with Gasteiger partial charge >= 0.3 is 63.3 Å². The van der Waals surface area contributed by atoms with Gasteiger partial charge in [0.2, 0.25) is 0 Å². The van der Waals surface area contributed by atoms with E-state index in [-0.39, 0.29) is 51.4 Å². The van der Waals surface area contributed by atoms with Crippen molar-refractivity contribution in [1.29, 1.82) is 0 Å². The Hall–Kier alpha value is 0.576. The molecule has 0 aromatic heterocycles. The summed E-state index contributed by atoms with van der Waals surface area (Å²) in [6.45, 7) is 9.33. The Balaban J connectivity index is -0.000000468. The van der Waals surface area contributed by atoms with E-state index >= 15 is 0 Å². The standard InChI is InChI=1S/C16H33.C3H4O4.K/c1-5-8-10-12-13-15(4)16(7-3)14-11-9-6-2;4-2(5)1-3(6)7;/h16H,5-14H2,1-4H3;1H2,(H,4,5)(H,6,7);/q-1;;+1. The number of carboxylic acid groups (broad SMARTS) is 2. The van der Waals surface area contributed by atoms with Crippen LogP contribution in [0.4, 0.5) is 0 Å². The van der Waals surface area contributed by atoms with Crippen molar-refractivity contribution in [3.63, 3.8) is 0 Å². The van der Waals surface area contributed by atoms with Crippen molar-refractivity contribution in [1.82, 2.24) is 0 Å². The molecule has 24 heavy (non-hydrogen) atoms. The molecule has 0 aromatic carbocycles. The Morgan fingerprint density at radius 2 is 1.38 bits per heavy atom. The molecule has 2 N–H and O–H groups in total. The van der Waals surface area contributed by atoms with Crippen molar-refractivity contribution < 1.29 is 71.2 Å². The zero-order valence-corrected chi connectivity index (χ0v) is 19.7. The first kappa shape index (κ1) is 29.3. The second-order valence-corrected chi connectivity index (χ2v) is 6.22. The van der Waals surface area contributed by atoms with E-state index in [4.69, 9.17) is 10.2 Å². The van der Waals surface area contributed by atoms with Crippen LogP contribution < -0.4 is 51.4 Å². The molecule has 1 unspecified atom stereocenters. The summed E-state index contributed by atoms with van der Waals surface area (Å²) >= 11 is 0. The van der Waals surface area contributed by atoms with Gasteiger partial charge in [-0.15, -0.1) is 0 Å². The van der Waals surface area contributed by atoms with Crippen LogP contribution in [0.2, 0.25) is 0 Å². The van der Waals surface area contributed by atoms with E-state index < -0.39 is 18.4 Å². The van der Waals surface area contributed by atoms with E-state index in [2.05, 4.69) is 27.7 Å². The van der Waals surface area contributed by atoms with E-state index in [1.807, 2.05) is 0 Å². The largest absolute Gasteiger partial charge is 1.00 e. The van der Waals surface area contributed by atoms with Gasteiger partial charge in [0.25, 0.3) is 0 Å². The second-order valence-electron chi connectivity index (χ2n) is 6.22. The molecule has 0 radical (unpaired) electrons. The SMILES string of the molecule is CCCCCC[C-](C)C(CC)CCCCC.O=C(O)CC(=O)O.[K+]. The normalized spacial score (nSPS) is 11.2. The van der Waals surface area contributed by atoms with Gasteiger partial charge in [-0.3, -0.25) is 9.59 Å². The number of carboxylic acids is 2. The third kappa shape index (κ3) is 22.6. The van der Waals surface area contributed by atoms with Gasteiger partial charge in [0.05, 0.1) is 0 Å². The fraction of sp³-hybridized carbons (Fsp3) is 0.842. The van der Waals surface area contributed by atoms with Crippen molar-refractivity contribution in [2.75, 3.05) is 0 Å². The summed E-state index contributed by atoms with van der Waals surface area (Å²) in [4.78, 5) is 18.9. The molecule has 0 aliphatic heterocycles. The third-order valence-electron chi connectivity index (χ3n) is 4.07. The van der Waals surface area contributed by atoms with E-state index in [0.29, 0.717) is 0 Å². The minimum atomic E-state index is -1.31. The number of hydrogen-bond donors (Lipinski definition) is 2. The number of aliphatic carboxylic acids is 2. The Morgan fingerprint density at radius 3 is 1.75 bits per heavy atom. The smallest absolute Gasteiger partial charge is 0.481 e. The van der Waals surface area contributed by atoms with Gasteiger partial charge in [0.1, 0.15) is 6.42 Å². The predicted molar refractivity (Wildman–Crippen MR) is 95.5 cm³/mol. The van der Waals surface area contributed by atoms with E-state index in [0.717, 1.165) is 5.92 Å². The average Bonchev–Trinajstić information content (AvgIpc) is 2.47. The molecule has 4 nitrogen and oxygen atoms in total. The first-order chi connectivity index (χ1) is 10.9. The van der Waals surface area contributed by atoms with Crippen molar-refractivity contribution in [2.24, 2.45) is 5.92 Å². The van der Waals surface area contributed by atoms with Gasteiger partial charge in [-0.2, -0.15) is 19.3 Å². The molecular formula is C19H37KO4. The van der Waals surface area contributed by atoms with Gasteiger partial charge in [-0.1, -0.05) is 78.6 Å². The molecule has 0 bridgehead atoms. The number of hydrogen-bond acceptors (Lipinski definition) is 2. The fourth-order valence-electron chi connectivity index (χ4n) is 2.60. The molecule has 0 aliphatic rings. The van der Waals surface area contributed by atoms with E-state index in [1.165, 1.54) is 64.2 Å². The molecule has 1 atom stereocenters. The van der Waals surface area contributed by atoms with Crippen LogP contribution in [0.3, 0.4) is 0 Å². The summed E-state index contributed by atoms with van der Waals surface area (Å²) in [6, 6.07) is 0.